The van der Waals surface area contributed by atoms with Crippen molar-refractivity contribution >= 4 is 21.5 Å². The van der Waals surface area contributed by atoms with Crippen molar-refractivity contribution < 1.29 is 0 Å². The lowest BCUT2D eigenvalue weighted by molar-refractivity contribution is 0.718. The molecule has 152 valence electrons. The van der Waals surface area contributed by atoms with Crippen LogP contribution in [0.15, 0.2) is 103 Å². The average Bonchev–Trinajstić information content (AvgIpc) is 2.83. The highest BCUT2D eigenvalue weighted by Crippen LogP contribution is 2.42. The first-order chi connectivity index (χ1) is 15.3. The highest BCUT2D eigenvalue weighted by Gasteiger charge is 2.17. The fraction of sp³-hybridized carbons (Fsp3) is 0.161. The molecule has 0 aliphatic heterocycles. The van der Waals surface area contributed by atoms with Crippen molar-refractivity contribution in [1.29, 1.82) is 0 Å². The summed E-state index contributed by atoms with van der Waals surface area (Å²) in [6, 6.07) is 37.8. The molecule has 0 aliphatic carbocycles. The van der Waals surface area contributed by atoms with E-state index in [2.05, 4.69) is 110 Å². The Morgan fingerprint density at radius 3 is 1.74 bits per heavy atom. The van der Waals surface area contributed by atoms with Crippen LogP contribution in [0.1, 0.15) is 31.7 Å². The molecule has 0 spiro atoms. The molecule has 0 amide bonds. The molecule has 0 bridgehead atoms. The Balaban J connectivity index is 1.88. The maximum atomic E-state index is 2.45. The van der Waals surface area contributed by atoms with Crippen LogP contribution in [0.4, 0.5) is 0 Å². The Morgan fingerprint density at radius 2 is 1.10 bits per heavy atom. The van der Waals surface area contributed by atoms with Crippen LogP contribution >= 0.6 is 0 Å². The molecule has 31 heavy (non-hydrogen) atoms. The van der Waals surface area contributed by atoms with Crippen molar-refractivity contribution in [1.82, 2.24) is 0 Å². The van der Waals surface area contributed by atoms with Crippen LogP contribution in [0.5, 0.6) is 0 Å². The number of unbranched alkanes of at least 4 members (excludes halogenated alkanes) is 2. The van der Waals surface area contributed by atoms with Crippen LogP contribution < -0.4 is 0 Å². The summed E-state index contributed by atoms with van der Waals surface area (Å²) in [5.74, 6) is 0. The molecule has 5 rings (SSSR count). The minimum absolute atomic E-state index is 1.11. The van der Waals surface area contributed by atoms with E-state index >= 15 is 0 Å². The monoisotopic (exact) mass is 400 g/mol. The molecule has 5 aromatic carbocycles. The van der Waals surface area contributed by atoms with Crippen molar-refractivity contribution in [2.45, 2.75) is 32.6 Å². The maximum Gasteiger partial charge on any atom is -0.00238 e. The van der Waals surface area contributed by atoms with E-state index in [-0.39, 0.29) is 0 Å². The third-order valence-electron chi connectivity index (χ3n) is 6.26. The zero-order chi connectivity index (χ0) is 21.0. The van der Waals surface area contributed by atoms with E-state index in [1.807, 2.05) is 0 Å². The second-order valence-electron chi connectivity index (χ2n) is 8.40. The van der Waals surface area contributed by atoms with Gasteiger partial charge >= 0.3 is 0 Å². The predicted molar refractivity (Wildman–Crippen MR) is 136 cm³/mol. The molecule has 0 heterocycles. The number of aryl methyl sites for hydroxylation is 1. The van der Waals surface area contributed by atoms with Crippen LogP contribution in [0.3, 0.4) is 0 Å². The number of fused-ring (bicyclic) bond motifs is 2. The summed E-state index contributed by atoms with van der Waals surface area (Å²) in [6.45, 7) is 2.28. The molecule has 0 aliphatic rings. The van der Waals surface area contributed by atoms with Gasteiger partial charge in [0.25, 0.3) is 0 Å². The second-order valence-corrected chi connectivity index (χ2v) is 8.40. The number of benzene rings is 5. The molecule has 5 aromatic rings. The van der Waals surface area contributed by atoms with Crippen molar-refractivity contribution in [3.8, 4) is 22.3 Å². The molecular weight excluding hydrogens is 372 g/mol. The Bertz CT molecular complexity index is 1310. The molecular formula is C31H28. The summed E-state index contributed by atoms with van der Waals surface area (Å²) in [7, 11) is 0. The molecule has 0 nitrogen and oxygen atoms in total. The van der Waals surface area contributed by atoms with E-state index in [4.69, 9.17) is 0 Å². The topological polar surface area (TPSA) is 0 Å². The van der Waals surface area contributed by atoms with Crippen molar-refractivity contribution in [2.75, 3.05) is 0 Å². The largest absolute Gasteiger partial charge is 0.0654 e. The van der Waals surface area contributed by atoms with Gasteiger partial charge in [0.2, 0.25) is 0 Å². The summed E-state index contributed by atoms with van der Waals surface area (Å²) >= 11 is 0. The first-order valence-electron chi connectivity index (χ1n) is 11.4. The molecule has 0 aromatic heterocycles. The lowest BCUT2D eigenvalue weighted by atomic mass is 9.84. The first-order valence-corrected chi connectivity index (χ1v) is 11.4. The van der Waals surface area contributed by atoms with Crippen molar-refractivity contribution in [2.24, 2.45) is 0 Å². The third kappa shape index (κ3) is 3.86. The van der Waals surface area contributed by atoms with Gasteiger partial charge in [-0.3, -0.25) is 0 Å². The predicted octanol–water partition coefficient (Wildman–Crippen LogP) is 9.06. The van der Waals surface area contributed by atoms with Gasteiger partial charge in [-0.25, -0.2) is 0 Å². The maximum absolute atomic E-state index is 2.45. The summed E-state index contributed by atoms with van der Waals surface area (Å²) in [5.41, 5.74) is 6.82. The van der Waals surface area contributed by atoms with Gasteiger partial charge in [0.05, 0.1) is 0 Å². The van der Waals surface area contributed by atoms with Crippen LogP contribution in [-0.4, -0.2) is 0 Å². The Labute approximate surface area is 185 Å². The van der Waals surface area contributed by atoms with E-state index in [9.17, 15) is 0 Å². The van der Waals surface area contributed by atoms with Gasteiger partial charge in [-0.15, -0.1) is 0 Å². The molecule has 0 heteroatoms. The fourth-order valence-corrected chi connectivity index (χ4v) is 4.75. The van der Waals surface area contributed by atoms with Gasteiger partial charge in [0, 0.05) is 0 Å². The van der Waals surface area contributed by atoms with Gasteiger partial charge < -0.3 is 0 Å². The molecule has 0 fully saturated rings. The van der Waals surface area contributed by atoms with Crippen LogP contribution in [0.25, 0.3) is 43.8 Å². The number of hydrogen-bond acceptors (Lipinski definition) is 0. The molecule has 0 atom stereocenters. The molecule has 0 unspecified atom stereocenters. The van der Waals surface area contributed by atoms with Gasteiger partial charge in [0.15, 0.2) is 0 Å². The quantitative estimate of drug-likeness (QED) is 0.197. The zero-order valence-corrected chi connectivity index (χ0v) is 18.1. The lowest BCUT2D eigenvalue weighted by Crippen LogP contribution is -1.97. The first kappa shape index (κ1) is 19.6. The Hall–Kier alpha value is -3.38. The minimum atomic E-state index is 1.11. The number of rotatable bonds is 6. The highest BCUT2D eigenvalue weighted by atomic mass is 14.2. The zero-order valence-electron chi connectivity index (χ0n) is 18.1. The van der Waals surface area contributed by atoms with Crippen LogP contribution in [-0.2, 0) is 6.42 Å². The highest BCUT2D eigenvalue weighted by molar-refractivity contribution is 6.10. The fourth-order valence-electron chi connectivity index (χ4n) is 4.75. The smallest absolute Gasteiger partial charge is 0.00238 e. The Morgan fingerprint density at radius 1 is 0.516 bits per heavy atom. The van der Waals surface area contributed by atoms with Gasteiger partial charge in [0.1, 0.15) is 0 Å². The molecule has 0 saturated heterocycles. The van der Waals surface area contributed by atoms with Crippen molar-refractivity contribution in [3.63, 3.8) is 0 Å². The summed E-state index contributed by atoms with van der Waals surface area (Å²) in [6.07, 6.45) is 4.85. The van der Waals surface area contributed by atoms with Gasteiger partial charge in [-0.1, -0.05) is 111 Å². The van der Waals surface area contributed by atoms with E-state index in [1.165, 1.54) is 68.6 Å². The summed E-state index contributed by atoms with van der Waals surface area (Å²) < 4.78 is 0. The van der Waals surface area contributed by atoms with E-state index < -0.39 is 0 Å². The SMILES string of the molecule is CCCCCc1cc2cc3ccccc3cc2c(-c2ccccc2)c1-c1ccccc1. The number of hydrogen-bond donors (Lipinski definition) is 0. The van der Waals surface area contributed by atoms with Crippen LogP contribution in [0.2, 0.25) is 0 Å². The average molecular weight is 401 g/mol. The van der Waals surface area contributed by atoms with E-state index in [0.29, 0.717) is 0 Å². The molecule has 0 radical (unpaired) electrons. The van der Waals surface area contributed by atoms with Gasteiger partial charge in [-0.05, 0) is 74.3 Å². The normalized spacial score (nSPS) is 11.3. The summed E-state index contributed by atoms with van der Waals surface area (Å²) in [4.78, 5) is 0. The van der Waals surface area contributed by atoms with Gasteiger partial charge in [-0.2, -0.15) is 0 Å². The lowest BCUT2D eigenvalue weighted by Gasteiger charge is -2.20. The van der Waals surface area contributed by atoms with Crippen LogP contribution in [0, 0.1) is 0 Å². The Kier molecular flexibility index (Phi) is 5.54. The summed E-state index contributed by atoms with van der Waals surface area (Å²) in [5, 5.41) is 5.28. The van der Waals surface area contributed by atoms with E-state index in [1.54, 1.807) is 0 Å². The molecule has 0 saturated carbocycles. The minimum Gasteiger partial charge on any atom is -0.0654 e. The van der Waals surface area contributed by atoms with Crippen molar-refractivity contribution in [3.05, 3.63) is 109 Å². The molecule has 0 N–H and O–H groups in total. The third-order valence-corrected chi connectivity index (χ3v) is 6.26. The standard InChI is InChI=1S/C31H28/c1-2-3-6-19-27-21-28-20-25-17-11-12-18-26(25)22-29(28)31(24-15-9-5-10-16-24)30(27)23-13-7-4-8-14-23/h4-5,7-18,20-22H,2-3,6,19H2,1H3. The van der Waals surface area contributed by atoms with E-state index in [0.717, 1.165) is 6.42 Å². The second kappa shape index (κ2) is 8.78.